The molecule has 1 aliphatic rings. The van der Waals surface area contributed by atoms with Gasteiger partial charge in [0.2, 0.25) is 0 Å². The topological polar surface area (TPSA) is 45.2 Å². The number of hydrogen-bond donors (Lipinski definition) is 1. The van der Waals surface area contributed by atoms with Crippen molar-refractivity contribution in [3.8, 4) is 0 Å². The summed E-state index contributed by atoms with van der Waals surface area (Å²) in [6.45, 7) is 1.48. The number of amides is 1. The molecule has 1 N–H and O–H groups in total. The Kier molecular flexibility index (Phi) is 5.55. The fraction of sp³-hybridized carbons (Fsp3) is 0.263. The molecule has 1 aliphatic heterocycles. The van der Waals surface area contributed by atoms with Crippen LogP contribution < -0.4 is 5.32 Å². The van der Waals surface area contributed by atoms with Crippen molar-refractivity contribution in [2.24, 2.45) is 0 Å². The van der Waals surface area contributed by atoms with Crippen LogP contribution >= 0.6 is 0 Å². The van der Waals surface area contributed by atoms with E-state index in [1.807, 2.05) is 7.05 Å². The highest BCUT2D eigenvalue weighted by molar-refractivity contribution is 6.04. The first-order valence-corrected chi connectivity index (χ1v) is 8.34. The number of nitrogens with one attached hydrogen (secondary N) is 1. The molecular weight excluding hydrogens is 362 g/mol. The van der Waals surface area contributed by atoms with Gasteiger partial charge in [0.1, 0.15) is 40.4 Å². The van der Waals surface area contributed by atoms with Gasteiger partial charge in [-0.2, -0.15) is 0 Å². The smallest absolute Gasteiger partial charge is 0.262 e. The lowest BCUT2D eigenvalue weighted by molar-refractivity contribution is 0.101. The van der Waals surface area contributed by atoms with E-state index < -0.39 is 34.7 Å². The van der Waals surface area contributed by atoms with Gasteiger partial charge < -0.3 is 10.2 Å². The first-order valence-electron chi connectivity index (χ1n) is 8.34. The van der Waals surface area contributed by atoms with Gasteiger partial charge in [0.15, 0.2) is 0 Å². The lowest BCUT2D eigenvalue weighted by atomic mass is 10.0. The van der Waals surface area contributed by atoms with Gasteiger partial charge in [-0.25, -0.2) is 22.5 Å². The van der Waals surface area contributed by atoms with Crippen molar-refractivity contribution in [3.63, 3.8) is 0 Å². The Bertz CT molecular complexity index is 881. The van der Waals surface area contributed by atoms with Gasteiger partial charge in [0, 0.05) is 25.2 Å². The Balaban J connectivity index is 1.82. The molecule has 1 fully saturated rings. The van der Waals surface area contributed by atoms with Crippen molar-refractivity contribution in [2.75, 3.05) is 25.5 Å². The second-order valence-electron chi connectivity index (χ2n) is 6.33. The third-order valence-corrected chi connectivity index (χ3v) is 4.35. The lowest BCUT2D eigenvalue weighted by Gasteiger charge is -2.24. The zero-order valence-electron chi connectivity index (χ0n) is 14.5. The fourth-order valence-corrected chi connectivity index (χ4v) is 2.85. The van der Waals surface area contributed by atoms with E-state index in [0.717, 1.165) is 13.1 Å². The van der Waals surface area contributed by atoms with Gasteiger partial charge in [-0.1, -0.05) is 6.07 Å². The van der Waals surface area contributed by atoms with Crippen LogP contribution in [0.25, 0.3) is 5.83 Å². The molecule has 0 aliphatic carbocycles. The second kappa shape index (κ2) is 7.87. The highest BCUT2D eigenvalue weighted by Crippen LogP contribution is 2.27. The Morgan fingerprint density at radius 1 is 1.11 bits per heavy atom. The minimum absolute atomic E-state index is 0.0346. The number of rotatable bonds is 3. The molecule has 0 radical (unpaired) electrons. The molecular formula is C19H17F4N3O. The number of aromatic nitrogens is 1. The number of benzene rings is 1. The SMILES string of the molecule is CN1CCC(=C(F)c2cccc(NC(=O)c3c(F)cc(F)cc3F)n2)CC1. The summed E-state index contributed by atoms with van der Waals surface area (Å²) in [5.74, 6) is -5.46. The summed E-state index contributed by atoms with van der Waals surface area (Å²) < 4.78 is 55.1. The van der Waals surface area contributed by atoms with Crippen molar-refractivity contribution < 1.29 is 22.4 Å². The molecule has 142 valence electrons. The molecule has 2 aromatic rings. The van der Waals surface area contributed by atoms with Crippen LogP contribution in [-0.2, 0) is 0 Å². The number of likely N-dealkylation sites (tertiary alicyclic amines) is 1. The number of carbonyl (C=O) groups excluding carboxylic acids is 1. The van der Waals surface area contributed by atoms with Gasteiger partial charge in [-0.15, -0.1) is 0 Å². The number of hydrogen-bond acceptors (Lipinski definition) is 3. The number of carbonyl (C=O) groups is 1. The molecule has 0 bridgehead atoms. The van der Waals surface area contributed by atoms with E-state index in [1.54, 1.807) is 0 Å². The summed E-state index contributed by atoms with van der Waals surface area (Å²) in [4.78, 5) is 18.2. The molecule has 27 heavy (non-hydrogen) atoms. The van der Waals surface area contributed by atoms with Crippen molar-refractivity contribution in [1.29, 1.82) is 0 Å². The van der Waals surface area contributed by atoms with Crippen LogP contribution in [0.15, 0.2) is 35.9 Å². The third-order valence-electron chi connectivity index (χ3n) is 4.35. The molecule has 1 aromatic heterocycles. The average Bonchev–Trinajstić information content (AvgIpc) is 2.61. The number of nitrogens with zero attached hydrogens (tertiary/aromatic N) is 2. The van der Waals surface area contributed by atoms with Gasteiger partial charge in [-0.3, -0.25) is 4.79 Å². The van der Waals surface area contributed by atoms with E-state index in [0.29, 0.717) is 30.5 Å². The Morgan fingerprint density at radius 3 is 2.37 bits per heavy atom. The summed E-state index contributed by atoms with van der Waals surface area (Å²) in [7, 11) is 1.96. The first-order chi connectivity index (χ1) is 12.8. The normalized spacial score (nSPS) is 14.9. The number of halogens is 4. The maximum Gasteiger partial charge on any atom is 0.262 e. The predicted molar refractivity (Wildman–Crippen MR) is 93.3 cm³/mol. The van der Waals surface area contributed by atoms with Crippen LogP contribution in [0.3, 0.4) is 0 Å². The molecule has 1 amide bonds. The van der Waals surface area contributed by atoms with Crippen LogP contribution in [0.5, 0.6) is 0 Å². The van der Waals surface area contributed by atoms with E-state index in [1.165, 1.54) is 18.2 Å². The summed E-state index contributed by atoms with van der Waals surface area (Å²) >= 11 is 0. The number of pyridine rings is 1. The zero-order chi connectivity index (χ0) is 19.6. The van der Waals surface area contributed by atoms with Crippen molar-refractivity contribution in [3.05, 3.63) is 64.6 Å². The van der Waals surface area contributed by atoms with Crippen molar-refractivity contribution in [2.45, 2.75) is 12.8 Å². The van der Waals surface area contributed by atoms with Crippen molar-refractivity contribution >= 4 is 17.6 Å². The van der Waals surface area contributed by atoms with Crippen LogP contribution in [-0.4, -0.2) is 35.9 Å². The van der Waals surface area contributed by atoms with E-state index >= 15 is 0 Å². The highest BCUT2D eigenvalue weighted by atomic mass is 19.1. The molecule has 0 spiro atoms. The number of piperidine rings is 1. The first kappa shape index (κ1) is 19.0. The zero-order valence-corrected chi connectivity index (χ0v) is 14.5. The molecule has 0 atom stereocenters. The molecule has 2 heterocycles. The van der Waals surface area contributed by atoms with Crippen LogP contribution in [0.1, 0.15) is 28.9 Å². The Hall–Kier alpha value is -2.74. The summed E-state index contributed by atoms with van der Waals surface area (Å²) in [6, 6.07) is 5.12. The largest absolute Gasteiger partial charge is 0.306 e. The maximum absolute atomic E-state index is 14.7. The molecule has 1 saturated heterocycles. The van der Waals surface area contributed by atoms with E-state index in [9.17, 15) is 22.4 Å². The second-order valence-corrected chi connectivity index (χ2v) is 6.33. The summed E-state index contributed by atoms with van der Waals surface area (Å²) in [6.07, 6.45) is 1.15. The van der Waals surface area contributed by atoms with Gasteiger partial charge in [0.25, 0.3) is 5.91 Å². The summed E-state index contributed by atoms with van der Waals surface area (Å²) in [5, 5.41) is 2.21. The average molecular weight is 379 g/mol. The summed E-state index contributed by atoms with van der Waals surface area (Å²) in [5.41, 5.74) is -0.259. The number of anilines is 1. The molecule has 0 unspecified atom stereocenters. The van der Waals surface area contributed by atoms with Gasteiger partial charge >= 0.3 is 0 Å². The minimum Gasteiger partial charge on any atom is -0.306 e. The lowest BCUT2D eigenvalue weighted by Crippen LogP contribution is -2.26. The van der Waals surface area contributed by atoms with Crippen LogP contribution in [0, 0.1) is 17.5 Å². The monoisotopic (exact) mass is 379 g/mol. The van der Waals surface area contributed by atoms with Crippen LogP contribution in [0.4, 0.5) is 23.4 Å². The maximum atomic E-state index is 14.7. The molecule has 1 aromatic carbocycles. The van der Waals surface area contributed by atoms with E-state index in [4.69, 9.17) is 0 Å². The predicted octanol–water partition coefficient (Wildman–Crippen LogP) is 4.16. The van der Waals surface area contributed by atoms with Gasteiger partial charge in [0.05, 0.1) is 0 Å². The minimum atomic E-state index is -1.33. The standard InChI is InChI=1S/C19H17F4N3O/c1-26-7-5-11(6-8-26)18(23)15-3-2-4-16(24-15)25-19(27)17-13(21)9-12(20)10-14(17)22/h2-4,9-10H,5-8H2,1H3,(H,24,25,27). The van der Waals surface area contributed by atoms with Crippen molar-refractivity contribution in [1.82, 2.24) is 9.88 Å². The quantitative estimate of drug-likeness (QED) is 0.815. The Morgan fingerprint density at radius 2 is 1.74 bits per heavy atom. The van der Waals surface area contributed by atoms with E-state index in [2.05, 4.69) is 15.2 Å². The molecule has 8 heteroatoms. The molecule has 4 nitrogen and oxygen atoms in total. The fourth-order valence-electron chi connectivity index (χ4n) is 2.85. The van der Waals surface area contributed by atoms with Gasteiger partial charge in [-0.05, 0) is 37.6 Å². The third kappa shape index (κ3) is 4.33. The molecule has 0 saturated carbocycles. The molecule has 3 rings (SSSR count). The van der Waals surface area contributed by atoms with E-state index in [-0.39, 0.29) is 11.5 Å². The van der Waals surface area contributed by atoms with Crippen LogP contribution in [0.2, 0.25) is 0 Å². The Labute approximate surface area is 153 Å². The highest BCUT2D eigenvalue weighted by Gasteiger charge is 2.20.